The molecular formula is C15H21N3O3. The number of benzene rings is 1. The number of hydrogen-bond acceptors (Lipinski definition) is 5. The lowest BCUT2D eigenvalue weighted by molar-refractivity contribution is 0.146. The molecule has 1 heterocycles. The molecule has 0 amide bonds. The Morgan fingerprint density at radius 3 is 2.76 bits per heavy atom. The summed E-state index contributed by atoms with van der Waals surface area (Å²) in [6.07, 6.45) is 3.05. The van der Waals surface area contributed by atoms with Crippen LogP contribution in [0.5, 0.6) is 11.5 Å². The number of rotatable bonds is 8. The van der Waals surface area contributed by atoms with Gasteiger partial charge in [0.15, 0.2) is 11.5 Å². The van der Waals surface area contributed by atoms with Gasteiger partial charge < -0.3 is 19.9 Å². The Morgan fingerprint density at radius 2 is 2.10 bits per heavy atom. The lowest BCUT2D eigenvalue weighted by Crippen LogP contribution is -2.30. The van der Waals surface area contributed by atoms with Crippen LogP contribution in [-0.2, 0) is 13.1 Å². The van der Waals surface area contributed by atoms with Crippen molar-refractivity contribution in [3.05, 3.63) is 42.2 Å². The fraction of sp³-hybridized carbons (Fsp3) is 0.400. The minimum absolute atomic E-state index is 0.478. The van der Waals surface area contributed by atoms with Crippen LogP contribution in [0.25, 0.3) is 0 Å². The van der Waals surface area contributed by atoms with Gasteiger partial charge in [-0.2, -0.15) is 5.10 Å². The van der Waals surface area contributed by atoms with Gasteiger partial charge in [0.2, 0.25) is 0 Å². The van der Waals surface area contributed by atoms with Crippen molar-refractivity contribution >= 4 is 0 Å². The lowest BCUT2D eigenvalue weighted by Gasteiger charge is -2.13. The highest BCUT2D eigenvalue weighted by atomic mass is 16.5. The molecule has 1 aromatic carbocycles. The van der Waals surface area contributed by atoms with Crippen LogP contribution >= 0.6 is 0 Å². The van der Waals surface area contributed by atoms with Gasteiger partial charge in [0, 0.05) is 25.5 Å². The molecule has 1 atom stereocenters. The van der Waals surface area contributed by atoms with Gasteiger partial charge in [-0.05, 0) is 23.8 Å². The number of aromatic nitrogens is 2. The van der Waals surface area contributed by atoms with E-state index < -0.39 is 6.10 Å². The van der Waals surface area contributed by atoms with Gasteiger partial charge in [-0.3, -0.25) is 4.68 Å². The lowest BCUT2D eigenvalue weighted by atomic mass is 10.2. The zero-order valence-electron chi connectivity index (χ0n) is 12.3. The number of aliphatic hydroxyl groups excluding tert-OH is 1. The molecule has 2 aromatic rings. The maximum atomic E-state index is 9.91. The van der Waals surface area contributed by atoms with Gasteiger partial charge in [-0.1, -0.05) is 6.07 Å². The summed E-state index contributed by atoms with van der Waals surface area (Å²) in [4.78, 5) is 0. The Morgan fingerprint density at radius 1 is 1.29 bits per heavy atom. The van der Waals surface area contributed by atoms with Gasteiger partial charge in [-0.25, -0.2) is 0 Å². The Hall–Kier alpha value is -2.05. The molecule has 0 bridgehead atoms. The van der Waals surface area contributed by atoms with Gasteiger partial charge >= 0.3 is 0 Å². The highest BCUT2D eigenvalue weighted by molar-refractivity contribution is 5.42. The molecule has 6 heteroatoms. The molecule has 2 N–H and O–H groups in total. The molecule has 0 saturated carbocycles. The Kier molecular flexibility index (Phi) is 5.59. The van der Waals surface area contributed by atoms with Crippen LogP contribution in [0.15, 0.2) is 36.7 Å². The highest BCUT2D eigenvalue weighted by Gasteiger charge is 2.07. The maximum Gasteiger partial charge on any atom is 0.161 e. The second kappa shape index (κ2) is 7.66. The van der Waals surface area contributed by atoms with E-state index >= 15 is 0 Å². The summed E-state index contributed by atoms with van der Waals surface area (Å²) in [5.74, 6) is 1.41. The largest absolute Gasteiger partial charge is 0.493 e. The molecule has 1 unspecified atom stereocenters. The zero-order chi connectivity index (χ0) is 15.1. The van der Waals surface area contributed by atoms with E-state index in [0.717, 1.165) is 5.56 Å². The van der Waals surface area contributed by atoms with E-state index in [4.69, 9.17) is 9.47 Å². The molecule has 0 saturated heterocycles. The van der Waals surface area contributed by atoms with Crippen LogP contribution in [0.4, 0.5) is 0 Å². The van der Waals surface area contributed by atoms with E-state index in [2.05, 4.69) is 10.4 Å². The molecule has 0 spiro atoms. The third-order valence-corrected chi connectivity index (χ3v) is 3.11. The van der Waals surface area contributed by atoms with Crippen molar-refractivity contribution in [3.63, 3.8) is 0 Å². The quantitative estimate of drug-likeness (QED) is 0.761. The van der Waals surface area contributed by atoms with Crippen molar-refractivity contribution in [1.82, 2.24) is 15.1 Å². The van der Waals surface area contributed by atoms with Crippen LogP contribution in [-0.4, -0.2) is 41.8 Å². The average molecular weight is 291 g/mol. The molecule has 0 aliphatic carbocycles. The molecular weight excluding hydrogens is 270 g/mol. The Balaban J connectivity index is 1.80. The van der Waals surface area contributed by atoms with Crippen molar-refractivity contribution in [3.8, 4) is 11.5 Å². The summed E-state index contributed by atoms with van der Waals surface area (Å²) < 4.78 is 12.2. The molecule has 6 nitrogen and oxygen atoms in total. The smallest absolute Gasteiger partial charge is 0.161 e. The normalized spacial score (nSPS) is 12.1. The van der Waals surface area contributed by atoms with Gasteiger partial charge in [0.1, 0.15) is 0 Å². The summed E-state index contributed by atoms with van der Waals surface area (Å²) >= 11 is 0. The maximum absolute atomic E-state index is 9.91. The van der Waals surface area contributed by atoms with Crippen molar-refractivity contribution in [2.24, 2.45) is 0 Å². The number of nitrogens with zero attached hydrogens (tertiary/aromatic N) is 2. The van der Waals surface area contributed by atoms with Crippen molar-refractivity contribution in [2.75, 3.05) is 20.8 Å². The van der Waals surface area contributed by atoms with Crippen molar-refractivity contribution in [2.45, 2.75) is 19.2 Å². The summed E-state index contributed by atoms with van der Waals surface area (Å²) in [5, 5.41) is 17.2. The van der Waals surface area contributed by atoms with E-state index in [1.54, 1.807) is 25.1 Å². The van der Waals surface area contributed by atoms with Gasteiger partial charge in [0.05, 0.1) is 26.9 Å². The first kappa shape index (κ1) is 15.3. The Labute approximate surface area is 124 Å². The van der Waals surface area contributed by atoms with Crippen LogP contribution in [0, 0.1) is 0 Å². The first-order chi connectivity index (χ1) is 10.2. The van der Waals surface area contributed by atoms with Crippen LogP contribution in [0.1, 0.15) is 5.56 Å². The topological polar surface area (TPSA) is 68.5 Å². The van der Waals surface area contributed by atoms with Crippen molar-refractivity contribution in [1.29, 1.82) is 0 Å². The number of hydrogen-bond donors (Lipinski definition) is 2. The molecule has 21 heavy (non-hydrogen) atoms. The second-order valence-electron chi connectivity index (χ2n) is 4.70. The van der Waals surface area contributed by atoms with Gasteiger partial charge in [-0.15, -0.1) is 0 Å². The van der Waals surface area contributed by atoms with Crippen molar-refractivity contribution < 1.29 is 14.6 Å². The first-order valence-electron chi connectivity index (χ1n) is 6.80. The van der Waals surface area contributed by atoms with Gasteiger partial charge in [0.25, 0.3) is 0 Å². The molecule has 0 radical (unpaired) electrons. The number of aliphatic hydroxyl groups is 1. The molecule has 1 aromatic heterocycles. The minimum Gasteiger partial charge on any atom is -0.493 e. The number of nitrogens with one attached hydrogen (secondary N) is 1. The fourth-order valence-electron chi connectivity index (χ4n) is 2.06. The molecule has 0 aliphatic heterocycles. The second-order valence-corrected chi connectivity index (χ2v) is 4.70. The fourth-order valence-corrected chi connectivity index (χ4v) is 2.06. The predicted octanol–water partition coefficient (Wildman–Crippen LogP) is 1.05. The minimum atomic E-state index is -0.481. The highest BCUT2D eigenvalue weighted by Crippen LogP contribution is 2.27. The molecule has 114 valence electrons. The average Bonchev–Trinajstić information content (AvgIpc) is 2.99. The third-order valence-electron chi connectivity index (χ3n) is 3.11. The summed E-state index contributed by atoms with van der Waals surface area (Å²) in [6, 6.07) is 7.60. The van der Waals surface area contributed by atoms with E-state index in [1.807, 2.05) is 30.5 Å². The monoisotopic (exact) mass is 291 g/mol. The third kappa shape index (κ3) is 4.47. The summed E-state index contributed by atoms with van der Waals surface area (Å²) in [6.45, 7) is 1.62. The van der Waals surface area contributed by atoms with E-state index in [0.29, 0.717) is 31.1 Å². The SMILES string of the molecule is COc1ccc(CNCC(O)Cn2cccn2)cc1OC. The molecule has 2 rings (SSSR count). The number of ether oxygens (including phenoxy) is 2. The van der Waals surface area contributed by atoms with E-state index in [9.17, 15) is 5.11 Å². The number of methoxy groups -OCH3 is 2. The summed E-state index contributed by atoms with van der Waals surface area (Å²) in [7, 11) is 3.23. The van der Waals surface area contributed by atoms with Crippen LogP contribution < -0.4 is 14.8 Å². The van der Waals surface area contributed by atoms with E-state index in [1.165, 1.54) is 0 Å². The predicted molar refractivity (Wildman–Crippen MR) is 79.5 cm³/mol. The van der Waals surface area contributed by atoms with Crippen LogP contribution in [0.3, 0.4) is 0 Å². The zero-order valence-corrected chi connectivity index (χ0v) is 12.3. The Bertz CT molecular complexity index is 543. The first-order valence-corrected chi connectivity index (χ1v) is 6.80. The van der Waals surface area contributed by atoms with Crippen LogP contribution in [0.2, 0.25) is 0 Å². The summed E-state index contributed by atoms with van der Waals surface area (Å²) in [5.41, 5.74) is 1.07. The van der Waals surface area contributed by atoms with E-state index in [-0.39, 0.29) is 0 Å². The molecule has 0 fully saturated rings. The standard InChI is InChI=1S/C15H21N3O3/c1-20-14-5-4-12(8-15(14)21-2)9-16-10-13(19)11-18-7-3-6-17-18/h3-8,13,16,19H,9-11H2,1-2H3. The molecule has 0 aliphatic rings.